The Morgan fingerprint density at radius 2 is 1.93 bits per heavy atom. The number of halogens is 2. The van der Waals surface area contributed by atoms with Crippen molar-refractivity contribution >= 4 is 47.6 Å². The van der Waals surface area contributed by atoms with Gasteiger partial charge in [-0.3, -0.25) is 0 Å². The Labute approximate surface area is 195 Å². The third-order valence-electron chi connectivity index (χ3n) is 4.36. The van der Waals surface area contributed by atoms with Gasteiger partial charge in [-0.25, -0.2) is 9.79 Å². The van der Waals surface area contributed by atoms with Crippen molar-refractivity contribution in [1.29, 1.82) is 0 Å². The lowest BCUT2D eigenvalue weighted by molar-refractivity contribution is 0.0963. The first kappa shape index (κ1) is 25.6. The van der Waals surface area contributed by atoms with Crippen LogP contribution in [0.25, 0.3) is 0 Å². The molecule has 1 amide bonds. The number of hydrogen-bond donors (Lipinski definition) is 2. The number of nitrogens with one attached hydrogen (secondary N) is 2. The molecule has 1 unspecified atom stereocenters. The number of likely N-dealkylation sites (tertiary alicyclic amines) is 1. The van der Waals surface area contributed by atoms with Gasteiger partial charge in [0.15, 0.2) is 5.96 Å². The third kappa shape index (κ3) is 9.29. The van der Waals surface area contributed by atoms with Crippen LogP contribution >= 0.6 is 35.6 Å². The number of hydrogen-bond acceptors (Lipinski definition) is 4. The van der Waals surface area contributed by atoms with Crippen molar-refractivity contribution in [3.05, 3.63) is 29.3 Å². The average molecular weight is 539 g/mol. The molecule has 1 aromatic rings. The van der Waals surface area contributed by atoms with Crippen molar-refractivity contribution in [1.82, 2.24) is 15.5 Å². The maximum atomic E-state index is 11.8. The Hall–Kier alpha value is -1.42. The van der Waals surface area contributed by atoms with Gasteiger partial charge >= 0.3 is 6.09 Å². The number of carbonyl (C=O) groups excluding carboxylic acids is 1. The quantitative estimate of drug-likeness (QED) is 0.313. The van der Waals surface area contributed by atoms with Crippen LogP contribution in [0.4, 0.5) is 4.79 Å². The van der Waals surface area contributed by atoms with E-state index in [-0.39, 0.29) is 42.2 Å². The Kier molecular flexibility index (Phi) is 12.1. The molecule has 1 aliphatic rings. The Morgan fingerprint density at radius 3 is 2.52 bits per heavy atom. The van der Waals surface area contributed by atoms with Gasteiger partial charge in [0, 0.05) is 30.7 Å². The van der Waals surface area contributed by atoms with Crippen molar-refractivity contribution < 1.29 is 14.3 Å². The van der Waals surface area contributed by atoms with Crippen molar-refractivity contribution in [2.45, 2.75) is 45.8 Å². The number of ether oxygens (including phenoxy) is 2. The summed E-state index contributed by atoms with van der Waals surface area (Å²) in [6, 6.07) is 7.59. The zero-order chi connectivity index (χ0) is 20.4. The summed E-state index contributed by atoms with van der Waals surface area (Å²) < 4.78 is 10.9. The van der Waals surface area contributed by atoms with Crippen molar-refractivity contribution in [3.8, 4) is 5.75 Å². The summed E-state index contributed by atoms with van der Waals surface area (Å²) in [6.07, 6.45) is 1.43. The van der Waals surface area contributed by atoms with Crippen LogP contribution in [-0.4, -0.2) is 61.9 Å². The van der Waals surface area contributed by atoms with E-state index in [2.05, 4.69) is 15.6 Å². The fourth-order valence-electron chi connectivity index (χ4n) is 2.94. The maximum Gasteiger partial charge on any atom is 0.409 e. The molecule has 2 rings (SSSR count). The van der Waals surface area contributed by atoms with E-state index in [1.807, 2.05) is 32.9 Å². The molecule has 1 heterocycles. The number of guanidine groups is 1. The highest BCUT2D eigenvalue weighted by atomic mass is 127. The lowest BCUT2D eigenvalue weighted by atomic mass is 10.1. The molecular formula is C20H32ClIN4O3. The zero-order valence-electron chi connectivity index (χ0n) is 17.3. The lowest BCUT2D eigenvalue weighted by Crippen LogP contribution is -2.50. The summed E-state index contributed by atoms with van der Waals surface area (Å²) in [5.41, 5.74) is 0. The molecule has 1 fully saturated rings. The van der Waals surface area contributed by atoms with Crippen LogP contribution in [0.5, 0.6) is 5.75 Å². The maximum absolute atomic E-state index is 11.8. The Morgan fingerprint density at radius 1 is 1.28 bits per heavy atom. The van der Waals surface area contributed by atoms with E-state index < -0.39 is 0 Å². The van der Waals surface area contributed by atoms with Crippen molar-refractivity contribution in [2.75, 3.05) is 32.8 Å². The monoisotopic (exact) mass is 538 g/mol. The first-order valence-electron chi connectivity index (χ1n) is 9.90. The highest BCUT2D eigenvalue weighted by Crippen LogP contribution is 2.17. The van der Waals surface area contributed by atoms with Gasteiger partial charge in [0.05, 0.1) is 13.2 Å². The van der Waals surface area contributed by atoms with E-state index in [0.29, 0.717) is 31.3 Å². The first-order valence-corrected chi connectivity index (χ1v) is 10.3. The van der Waals surface area contributed by atoms with Gasteiger partial charge in [-0.2, -0.15) is 0 Å². The number of rotatable bonds is 7. The largest absolute Gasteiger partial charge is 0.489 e. The van der Waals surface area contributed by atoms with Crippen LogP contribution in [0, 0.1) is 0 Å². The van der Waals surface area contributed by atoms with Crippen LogP contribution in [-0.2, 0) is 4.74 Å². The molecule has 1 aromatic carbocycles. The lowest BCUT2D eigenvalue weighted by Gasteiger charge is -2.32. The van der Waals surface area contributed by atoms with E-state index in [9.17, 15) is 4.79 Å². The minimum atomic E-state index is -0.227. The molecule has 0 spiro atoms. The molecule has 1 saturated heterocycles. The van der Waals surface area contributed by atoms with E-state index in [1.165, 1.54) is 0 Å². The van der Waals surface area contributed by atoms with Gasteiger partial charge in [-0.1, -0.05) is 11.6 Å². The normalized spacial score (nSPS) is 15.9. The van der Waals surface area contributed by atoms with E-state index >= 15 is 0 Å². The summed E-state index contributed by atoms with van der Waals surface area (Å²) in [6.45, 7) is 8.93. The SMILES string of the molecule is CCNC(=NCC(C)Oc1ccc(Cl)cc1)NC1CCN(C(=O)OCC)CC1.I. The standard InChI is InChI=1S/C20H31ClN4O3.HI/c1-4-22-19(23-14-15(3)28-18-8-6-16(21)7-9-18)24-17-10-12-25(13-11-17)20(26)27-5-2;/h6-9,15,17H,4-5,10-14H2,1-3H3,(H2,22,23,24);1H. The number of nitrogens with zero attached hydrogens (tertiary/aromatic N) is 2. The molecule has 0 radical (unpaired) electrons. The minimum absolute atomic E-state index is 0. The molecular weight excluding hydrogens is 507 g/mol. The van der Waals surface area contributed by atoms with E-state index in [4.69, 9.17) is 21.1 Å². The fourth-order valence-corrected chi connectivity index (χ4v) is 3.06. The minimum Gasteiger partial charge on any atom is -0.489 e. The van der Waals surface area contributed by atoms with Gasteiger partial charge in [0.25, 0.3) is 0 Å². The van der Waals surface area contributed by atoms with E-state index in [1.54, 1.807) is 17.0 Å². The number of piperidine rings is 1. The summed E-state index contributed by atoms with van der Waals surface area (Å²) in [4.78, 5) is 18.2. The molecule has 1 aliphatic heterocycles. The van der Waals surface area contributed by atoms with Crippen LogP contribution in [0.2, 0.25) is 5.02 Å². The van der Waals surface area contributed by atoms with Gasteiger partial charge in [-0.15, -0.1) is 24.0 Å². The van der Waals surface area contributed by atoms with Gasteiger partial charge in [0.2, 0.25) is 0 Å². The number of carbonyl (C=O) groups is 1. The van der Waals surface area contributed by atoms with Crippen LogP contribution < -0.4 is 15.4 Å². The van der Waals surface area contributed by atoms with Crippen LogP contribution in [0.3, 0.4) is 0 Å². The molecule has 0 aliphatic carbocycles. The molecule has 1 atom stereocenters. The topological polar surface area (TPSA) is 75.2 Å². The number of aliphatic imine (C=N–C) groups is 1. The Balaban J connectivity index is 0.00000420. The molecule has 0 aromatic heterocycles. The number of amides is 1. The third-order valence-corrected chi connectivity index (χ3v) is 4.62. The summed E-state index contributed by atoms with van der Waals surface area (Å²) >= 11 is 5.90. The fraction of sp³-hybridized carbons (Fsp3) is 0.600. The predicted octanol–water partition coefficient (Wildman–Crippen LogP) is 3.90. The highest BCUT2D eigenvalue weighted by molar-refractivity contribution is 14.0. The first-order chi connectivity index (χ1) is 13.5. The molecule has 9 heteroatoms. The van der Waals surface area contributed by atoms with Crippen LogP contribution in [0.15, 0.2) is 29.3 Å². The number of benzene rings is 1. The molecule has 7 nitrogen and oxygen atoms in total. The van der Waals surface area contributed by atoms with Crippen molar-refractivity contribution in [2.24, 2.45) is 4.99 Å². The van der Waals surface area contributed by atoms with Gasteiger partial charge in [-0.05, 0) is 57.9 Å². The second-order valence-electron chi connectivity index (χ2n) is 6.71. The van der Waals surface area contributed by atoms with Gasteiger partial charge < -0.3 is 25.0 Å². The van der Waals surface area contributed by atoms with Crippen molar-refractivity contribution in [3.63, 3.8) is 0 Å². The second-order valence-corrected chi connectivity index (χ2v) is 7.14. The Bertz CT molecular complexity index is 637. The molecule has 0 bridgehead atoms. The molecule has 29 heavy (non-hydrogen) atoms. The summed E-state index contributed by atoms with van der Waals surface area (Å²) in [5, 5.41) is 7.42. The summed E-state index contributed by atoms with van der Waals surface area (Å²) in [7, 11) is 0. The van der Waals surface area contributed by atoms with E-state index in [0.717, 1.165) is 31.1 Å². The average Bonchev–Trinajstić information content (AvgIpc) is 2.69. The van der Waals surface area contributed by atoms with Gasteiger partial charge in [0.1, 0.15) is 11.9 Å². The van der Waals surface area contributed by atoms with Crippen LogP contribution in [0.1, 0.15) is 33.6 Å². The zero-order valence-corrected chi connectivity index (χ0v) is 20.4. The highest BCUT2D eigenvalue weighted by Gasteiger charge is 2.24. The second kappa shape index (κ2) is 13.7. The molecule has 2 N–H and O–H groups in total. The predicted molar refractivity (Wildman–Crippen MR) is 128 cm³/mol. The smallest absolute Gasteiger partial charge is 0.409 e. The molecule has 0 saturated carbocycles. The summed E-state index contributed by atoms with van der Waals surface area (Å²) in [5.74, 6) is 1.54. The molecule has 164 valence electrons.